The number of imidazole rings is 1. The van der Waals surface area contributed by atoms with E-state index >= 15 is 0 Å². The van der Waals surface area contributed by atoms with Crippen molar-refractivity contribution in [2.45, 2.75) is 25.8 Å². The van der Waals surface area contributed by atoms with E-state index in [1.54, 1.807) is 30.5 Å². The number of anilines is 4. The molecule has 6 aromatic rings. The molecular weight excluding hydrogens is 732 g/mol. The van der Waals surface area contributed by atoms with Crippen LogP contribution in [0.3, 0.4) is 0 Å². The molecule has 57 heavy (non-hydrogen) atoms. The first-order valence-corrected chi connectivity index (χ1v) is 19.4. The molecule has 2 aliphatic heterocycles. The predicted octanol–water partition coefficient (Wildman–Crippen LogP) is 7.69. The number of ether oxygens (including phenoxy) is 1. The molecule has 5 heterocycles. The van der Waals surface area contributed by atoms with Gasteiger partial charge in [0.2, 0.25) is 5.95 Å². The van der Waals surface area contributed by atoms with Gasteiger partial charge in [-0.15, -0.1) is 0 Å². The first-order valence-electron chi connectivity index (χ1n) is 19.4. The zero-order valence-electron chi connectivity index (χ0n) is 31.7. The van der Waals surface area contributed by atoms with E-state index in [1.807, 2.05) is 47.9 Å². The van der Waals surface area contributed by atoms with Crippen LogP contribution in [0.15, 0.2) is 97.3 Å². The van der Waals surface area contributed by atoms with Crippen molar-refractivity contribution in [1.82, 2.24) is 29.2 Å². The smallest absolute Gasteiger partial charge is 0.255 e. The summed E-state index contributed by atoms with van der Waals surface area (Å²) in [6.45, 7) is 8.40. The number of nitrogens with zero attached hydrogens (tertiary/aromatic N) is 7. The second-order valence-electron chi connectivity index (χ2n) is 14.2. The van der Waals surface area contributed by atoms with Gasteiger partial charge in [0.05, 0.1) is 29.4 Å². The van der Waals surface area contributed by atoms with Crippen molar-refractivity contribution in [2.75, 3.05) is 74.6 Å². The molecular formula is C43H44F3N9O2. The molecule has 0 unspecified atom stereocenters. The number of benzene rings is 3. The minimum Gasteiger partial charge on any atom is -0.492 e. The molecule has 3 aromatic carbocycles. The van der Waals surface area contributed by atoms with Crippen molar-refractivity contribution in [3.05, 3.63) is 115 Å². The predicted molar refractivity (Wildman–Crippen MR) is 216 cm³/mol. The van der Waals surface area contributed by atoms with Gasteiger partial charge in [0.15, 0.2) is 0 Å². The van der Waals surface area contributed by atoms with Crippen LogP contribution in [0.4, 0.5) is 36.2 Å². The van der Waals surface area contributed by atoms with E-state index < -0.39 is 23.2 Å². The zero-order chi connectivity index (χ0) is 39.3. The second kappa shape index (κ2) is 17.0. The summed E-state index contributed by atoms with van der Waals surface area (Å²) in [7, 11) is 0. The van der Waals surface area contributed by atoms with Gasteiger partial charge < -0.3 is 25.2 Å². The van der Waals surface area contributed by atoms with Crippen LogP contribution in [0.25, 0.3) is 28.3 Å². The molecule has 1 amide bonds. The number of likely N-dealkylation sites (tertiary alicyclic amines) is 1. The van der Waals surface area contributed by atoms with Crippen molar-refractivity contribution in [3.8, 4) is 28.4 Å². The minimum atomic E-state index is -0.867. The van der Waals surface area contributed by atoms with Crippen LogP contribution in [0.1, 0.15) is 30.1 Å². The standard InChI is InChI=1S/C43H44F3N9O2/c1-2-57-37-28-32(54-25-23-53(24-26-54)31-15-20-52(21-16-31)22-17-44)12-13-35(37)48-43-47-18-14-36(49-43)41-39(50-38-11-3-4-19-55(38)41)29-7-5-8-30(27-29)42(56)51-40-33(45)9-6-10-34(40)46/h3-14,18-19,27-28,31H,2,15-17,20-26H2,1H3,(H,51,56)(H,47,48,49). The Morgan fingerprint density at radius 3 is 2.44 bits per heavy atom. The van der Waals surface area contributed by atoms with Crippen LogP contribution in [-0.4, -0.2) is 100 Å². The van der Waals surface area contributed by atoms with E-state index in [1.165, 1.54) is 6.07 Å². The van der Waals surface area contributed by atoms with E-state index in [2.05, 4.69) is 42.5 Å². The van der Waals surface area contributed by atoms with Crippen LogP contribution in [0, 0.1) is 11.6 Å². The summed E-state index contributed by atoms with van der Waals surface area (Å²) in [6, 6.07) is 24.3. The summed E-state index contributed by atoms with van der Waals surface area (Å²) >= 11 is 0. The lowest BCUT2D eigenvalue weighted by molar-refractivity contribution is 0.0998. The molecule has 11 nitrogen and oxygen atoms in total. The number of carbonyl (C=O) groups is 1. The highest BCUT2D eigenvalue weighted by Gasteiger charge is 2.28. The number of amides is 1. The van der Waals surface area contributed by atoms with Crippen molar-refractivity contribution in [3.63, 3.8) is 0 Å². The van der Waals surface area contributed by atoms with E-state index in [9.17, 15) is 18.0 Å². The van der Waals surface area contributed by atoms with Gasteiger partial charge in [0.1, 0.15) is 35.4 Å². The number of piperazine rings is 1. The lowest BCUT2D eigenvalue weighted by Gasteiger charge is -2.43. The Bertz CT molecular complexity index is 2340. The van der Waals surface area contributed by atoms with Crippen LogP contribution in [0.2, 0.25) is 0 Å². The third-order valence-electron chi connectivity index (χ3n) is 10.7. The molecule has 294 valence electrons. The van der Waals surface area contributed by atoms with Gasteiger partial charge in [-0.3, -0.25) is 14.1 Å². The van der Waals surface area contributed by atoms with Gasteiger partial charge >= 0.3 is 0 Å². The van der Waals surface area contributed by atoms with E-state index in [0.717, 1.165) is 75.6 Å². The number of hydrogen-bond acceptors (Lipinski definition) is 9. The maximum atomic E-state index is 14.3. The fourth-order valence-electron chi connectivity index (χ4n) is 7.78. The third kappa shape index (κ3) is 8.28. The Balaban J connectivity index is 1.02. The van der Waals surface area contributed by atoms with Crippen LogP contribution in [0.5, 0.6) is 5.75 Å². The number of pyridine rings is 1. The summed E-state index contributed by atoms with van der Waals surface area (Å²) in [5, 5.41) is 5.73. The highest BCUT2D eigenvalue weighted by atomic mass is 19.1. The number of fused-ring (bicyclic) bond motifs is 1. The fourth-order valence-corrected chi connectivity index (χ4v) is 7.78. The van der Waals surface area contributed by atoms with Crippen LogP contribution >= 0.6 is 0 Å². The van der Waals surface area contributed by atoms with Gasteiger partial charge in [-0.2, -0.15) is 0 Å². The summed E-state index contributed by atoms with van der Waals surface area (Å²) < 4.78 is 49.5. The molecule has 0 atom stereocenters. The quantitative estimate of drug-likeness (QED) is 0.130. The summed E-state index contributed by atoms with van der Waals surface area (Å²) in [6.07, 6.45) is 5.73. The number of halogens is 3. The van der Waals surface area contributed by atoms with Crippen molar-refractivity contribution < 1.29 is 22.7 Å². The topological polar surface area (TPSA) is 103 Å². The van der Waals surface area contributed by atoms with Gasteiger partial charge in [-0.05, 0) is 87.5 Å². The van der Waals surface area contributed by atoms with Crippen molar-refractivity contribution in [1.29, 1.82) is 0 Å². The Kier molecular flexibility index (Phi) is 11.3. The maximum absolute atomic E-state index is 14.3. The SMILES string of the molecule is CCOc1cc(N2CCN(C3CCN(CCF)CC3)CC2)ccc1Nc1nccc(-c2c(-c3cccc(C(=O)Nc4c(F)cccc4F)c3)nc3ccccn23)n1. The highest BCUT2D eigenvalue weighted by molar-refractivity contribution is 6.05. The Hall–Kier alpha value is -5.99. The molecule has 3 aromatic heterocycles. The van der Waals surface area contributed by atoms with Crippen LogP contribution < -0.4 is 20.3 Å². The Morgan fingerprint density at radius 1 is 0.877 bits per heavy atom. The number of carbonyl (C=O) groups excluding carboxylic acids is 1. The number of hydrogen-bond donors (Lipinski definition) is 2. The molecule has 8 rings (SSSR count). The van der Waals surface area contributed by atoms with Gasteiger partial charge in [-0.1, -0.05) is 24.3 Å². The Morgan fingerprint density at radius 2 is 1.67 bits per heavy atom. The van der Waals surface area contributed by atoms with Crippen molar-refractivity contribution >= 4 is 34.6 Å². The molecule has 14 heteroatoms. The molecule has 0 bridgehead atoms. The average molecular weight is 776 g/mol. The number of piperidine rings is 1. The third-order valence-corrected chi connectivity index (χ3v) is 10.7. The van der Waals surface area contributed by atoms with Crippen molar-refractivity contribution in [2.24, 2.45) is 0 Å². The first kappa shape index (κ1) is 37.9. The van der Waals surface area contributed by atoms with E-state index in [-0.39, 0.29) is 12.2 Å². The lowest BCUT2D eigenvalue weighted by Crippen LogP contribution is -2.53. The number of para-hydroxylation sites is 1. The van der Waals surface area contributed by atoms with Gasteiger partial charge in [-0.25, -0.2) is 28.1 Å². The zero-order valence-corrected chi connectivity index (χ0v) is 31.7. The molecule has 2 N–H and O–H groups in total. The number of nitrogens with one attached hydrogen (secondary N) is 2. The lowest BCUT2D eigenvalue weighted by atomic mass is 10.0. The number of alkyl halides is 1. The molecule has 2 saturated heterocycles. The van der Waals surface area contributed by atoms with E-state index in [4.69, 9.17) is 14.7 Å². The molecule has 2 fully saturated rings. The molecule has 0 saturated carbocycles. The normalized spacial score (nSPS) is 15.5. The highest BCUT2D eigenvalue weighted by Crippen LogP contribution is 2.35. The maximum Gasteiger partial charge on any atom is 0.255 e. The Labute approximate surface area is 329 Å². The summed E-state index contributed by atoms with van der Waals surface area (Å²) in [4.78, 5) is 34.8. The van der Waals surface area contributed by atoms with E-state index in [0.29, 0.717) is 59.2 Å². The van der Waals surface area contributed by atoms with Crippen LogP contribution in [-0.2, 0) is 0 Å². The first-order chi connectivity index (χ1) is 27.9. The van der Waals surface area contributed by atoms with Gasteiger partial charge in [0.25, 0.3) is 5.91 Å². The minimum absolute atomic E-state index is 0.198. The average Bonchev–Trinajstić information content (AvgIpc) is 3.63. The van der Waals surface area contributed by atoms with Gasteiger partial charge in [0, 0.05) is 74.0 Å². The summed E-state index contributed by atoms with van der Waals surface area (Å²) in [5.74, 6) is -1.36. The number of aromatic nitrogens is 4. The summed E-state index contributed by atoms with van der Waals surface area (Å²) in [5.41, 5.74) is 4.56. The molecule has 2 aliphatic rings. The molecule has 0 spiro atoms. The monoisotopic (exact) mass is 775 g/mol. The molecule has 0 aliphatic carbocycles. The fraction of sp³-hybridized carbons (Fsp3) is 0.302. The largest absolute Gasteiger partial charge is 0.492 e. The number of rotatable bonds is 12. The molecule has 0 radical (unpaired) electrons. The second-order valence-corrected chi connectivity index (χ2v) is 14.2.